The molecule has 0 unspecified atom stereocenters. The van der Waals surface area contributed by atoms with Crippen LogP contribution in [0.1, 0.15) is 5.56 Å². The second-order valence-corrected chi connectivity index (χ2v) is 4.29. The zero-order valence-corrected chi connectivity index (χ0v) is 9.63. The predicted octanol–water partition coefficient (Wildman–Crippen LogP) is 1.52. The fraction of sp³-hybridized carbons (Fsp3) is 0.0909. The van der Waals surface area contributed by atoms with Crippen molar-refractivity contribution in [2.24, 2.45) is 5.73 Å². The van der Waals surface area contributed by atoms with Crippen molar-refractivity contribution in [1.82, 2.24) is 9.97 Å². The molecule has 0 atom stereocenters. The van der Waals surface area contributed by atoms with Gasteiger partial charge in [0.1, 0.15) is 5.82 Å². The van der Waals surface area contributed by atoms with Crippen molar-refractivity contribution in [1.29, 1.82) is 0 Å². The third-order valence-corrected chi connectivity index (χ3v) is 3.14. The normalized spacial score (nSPS) is 10.5. The number of hydrogen-bond donors (Lipinski definition) is 2. The largest absolute Gasteiger partial charge is 0.326 e. The van der Waals surface area contributed by atoms with Gasteiger partial charge in [-0.1, -0.05) is 17.8 Å². The Labute approximate surface area is 101 Å². The van der Waals surface area contributed by atoms with E-state index in [4.69, 9.17) is 5.73 Å². The highest BCUT2D eigenvalue weighted by molar-refractivity contribution is 7.99. The third-order valence-electron chi connectivity index (χ3n) is 2.13. The van der Waals surface area contributed by atoms with Gasteiger partial charge < -0.3 is 10.7 Å². The van der Waals surface area contributed by atoms with Crippen LogP contribution in [0.4, 0.5) is 4.39 Å². The molecule has 0 fully saturated rings. The number of benzene rings is 1. The van der Waals surface area contributed by atoms with E-state index in [0.717, 1.165) is 0 Å². The van der Waals surface area contributed by atoms with Gasteiger partial charge in [0.2, 0.25) is 0 Å². The lowest BCUT2D eigenvalue weighted by molar-refractivity contribution is 0.604. The standard InChI is InChI=1S/C11H10FN3OS/c12-8-2-1-3-9(7(8)6-13)17-11-14-5-4-10(16)15-11/h1-5H,6,13H2,(H,14,15,16). The molecule has 0 amide bonds. The molecule has 88 valence electrons. The van der Waals surface area contributed by atoms with E-state index in [-0.39, 0.29) is 17.9 Å². The Morgan fingerprint density at radius 1 is 1.41 bits per heavy atom. The van der Waals surface area contributed by atoms with E-state index < -0.39 is 0 Å². The van der Waals surface area contributed by atoms with Gasteiger partial charge in [-0.15, -0.1) is 0 Å². The van der Waals surface area contributed by atoms with Crippen molar-refractivity contribution >= 4 is 11.8 Å². The van der Waals surface area contributed by atoms with Gasteiger partial charge in [0.05, 0.1) is 0 Å². The van der Waals surface area contributed by atoms with Gasteiger partial charge in [-0.25, -0.2) is 9.37 Å². The molecule has 2 aromatic rings. The molecule has 0 aliphatic rings. The molecule has 3 N–H and O–H groups in total. The number of rotatable bonds is 3. The lowest BCUT2D eigenvalue weighted by atomic mass is 10.2. The molecule has 17 heavy (non-hydrogen) atoms. The molecule has 2 rings (SSSR count). The highest BCUT2D eigenvalue weighted by Crippen LogP contribution is 2.28. The lowest BCUT2D eigenvalue weighted by Crippen LogP contribution is -2.06. The summed E-state index contributed by atoms with van der Waals surface area (Å²) in [6.07, 6.45) is 1.41. The predicted molar refractivity (Wildman–Crippen MR) is 63.3 cm³/mol. The number of hydrogen-bond acceptors (Lipinski definition) is 4. The molecule has 0 spiro atoms. The second-order valence-electron chi connectivity index (χ2n) is 3.26. The van der Waals surface area contributed by atoms with Gasteiger partial charge in [0, 0.05) is 29.3 Å². The molecule has 1 aromatic heterocycles. The Morgan fingerprint density at radius 2 is 2.24 bits per heavy atom. The monoisotopic (exact) mass is 251 g/mol. The Morgan fingerprint density at radius 3 is 2.94 bits per heavy atom. The summed E-state index contributed by atoms with van der Waals surface area (Å²) >= 11 is 1.18. The summed E-state index contributed by atoms with van der Waals surface area (Å²) < 4.78 is 13.4. The maximum atomic E-state index is 13.4. The maximum absolute atomic E-state index is 13.4. The molecule has 1 aromatic carbocycles. The number of aromatic nitrogens is 2. The van der Waals surface area contributed by atoms with Gasteiger partial charge in [-0.05, 0) is 12.1 Å². The second kappa shape index (κ2) is 5.11. The average Bonchev–Trinajstić information content (AvgIpc) is 2.29. The van der Waals surface area contributed by atoms with Crippen LogP contribution >= 0.6 is 11.8 Å². The molecule has 1 heterocycles. The number of nitrogens with two attached hydrogens (primary N) is 1. The van der Waals surface area contributed by atoms with Gasteiger partial charge in [0.15, 0.2) is 5.16 Å². The smallest absolute Gasteiger partial charge is 0.251 e. The van der Waals surface area contributed by atoms with Crippen molar-refractivity contribution in [3.63, 3.8) is 0 Å². The Bertz CT molecular complexity index is 585. The van der Waals surface area contributed by atoms with Crippen LogP contribution in [0.2, 0.25) is 0 Å². The topological polar surface area (TPSA) is 71.8 Å². The van der Waals surface area contributed by atoms with Crippen molar-refractivity contribution in [2.75, 3.05) is 0 Å². The van der Waals surface area contributed by atoms with E-state index >= 15 is 0 Å². The summed E-state index contributed by atoms with van der Waals surface area (Å²) in [4.78, 5) is 18.3. The Balaban J connectivity index is 2.36. The minimum Gasteiger partial charge on any atom is -0.326 e. The molecule has 6 heteroatoms. The third kappa shape index (κ3) is 2.72. The summed E-state index contributed by atoms with van der Waals surface area (Å²) in [5, 5.41) is 0.415. The molecule has 0 radical (unpaired) electrons. The summed E-state index contributed by atoms with van der Waals surface area (Å²) in [6.45, 7) is 0.103. The van der Waals surface area contributed by atoms with E-state index in [1.165, 1.54) is 30.1 Å². The van der Waals surface area contributed by atoms with Crippen LogP contribution in [-0.2, 0) is 6.54 Å². The first-order valence-electron chi connectivity index (χ1n) is 4.91. The SMILES string of the molecule is NCc1c(F)cccc1Sc1nccc(=O)[nH]1. The van der Waals surface area contributed by atoms with Crippen molar-refractivity contribution in [2.45, 2.75) is 16.6 Å². The van der Waals surface area contributed by atoms with Crippen LogP contribution in [0.3, 0.4) is 0 Å². The summed E-state index contributed by atoms with van der Waals surface area (Å²) in [7, 11) is 0. The minimum absolute atomic E-state index is 0.103. The molecule has 0 aliphatic heterocycles. The first-order valence-corrected chi connectivity index (χ1v) is 5.73. The van der Waals surface area contributed by atoms with Crippen LogP contribution in [0, 0.1) is 5.82 Å². The van der Waals surface area contributed by atoms with E-state index in [2.05, 4.69) is 9.97 Å². The quantitative estimate of drug-likeness (QED) is 0.811. The summed E-state index contributed by atoms with van der Waals surface area (Å²) in [5.74, 6) is -0.351. The van der Waals surface area contributed by atoms with Crippen LogP contribution < -0.4 is 11.3 Å². The Hall–Kier alpha value is -1.66. The number of aromatic amines is 1. The first kappa shape index (κ1) is 11.8. The molecule has 0 bridgehead atoms. The van der Waals surface area contributed by atoms with E-state index in [1.54, 1.807) is 12.1 Å². The van der Waals surface area contributed by atoms with Crippen LogP contribution in [-0.4, -0.2) is 9.97 Å². The lowest BCUT2D eigenvalue weighted by Gasteiger charge is -2.07. The maximum Gasteiger partial charge on any atom is 0.251 e. The van der Waals surface area contributed by atoms with Crippen molar-refractivity contribution in [3.05, 3.63) is 52.2 Å². The highest BCUT2D eigenvalue weighted by atomic mass is 32.2. The molecular weight excluding hydrogens is 241 g/mol. The van der Waals surface area contributed by atoms with Gasteiger partial charge in [-0.3, -0.25) is 4.79 Å². The molecule has 0 saturated heterocycles. The number of nitrogens with one attached hydrogen (secondary N) is 1. The number of H-pyrrole nitrogens is 1. The fourth-order valence-corrected chi connectivity index (χ4v) is 2.26. The average molecular weight is 251 g/mol. The summed E-state index contributed by atoms with van der Waals surface area (Å²) in [6, 6.07) is 6.01. The number of halogens is 1. The Kier molecular flexibility index (Phi) is 3.55. The highest BCUT2D eigenvalue weighted by Gasteiger charge is 2.09. The first-order chi connectivity index (χ1) is 8.20. The minimum atomic E-state index is -0.351. The molecule has 0 aliphatic carbocycles. The van der Waals surface area contributed by atoms with Gasteiger partial charge in [0.25, 0.3) is 5.56 Å². The molecular formula is C11H10FN3OS. The zero-order valence-electron chi connectivity index (χ0n) is 8.81. The fourth-order valence-electron chi connectivity index (χ4n) is 1.34. The van der Waals surface area contributed by atoms with E-state index in [9.17, 15) is 9.18 Å². The van der Waals surface area contributed by atoms with E-state index in [0.29, 0.717) is 15.6 Å². The molecule has 0 saturated carbocycles. The van der Waals surface area contributed by atoms with Crippen molar-refractivity contribution < 1.29 is 4.39 Å². The zero-order chi connectivity index (χ0) is 12.3. The number of nitrogens with zero attached hydrogens (tertiary/aromatic N) is 1. The van der Waals surface area contributed by atoms with Crippen LogP contribution in [0.5, 0.6) is 0 Å². The summed E-state index contributed by atoms with van der Waals surface area (Å²) in [5.41, 5.74) is 5.67. The van der Waals surface area contributed by atoms with Crippen molar-refractivity contribution in [3.8, 4) is 0 Å². The van der Waals surface area contributed by atoms with Crippen LogP contribution in [0.15, 0.2) is 45.3 Å². The van der Waals surface area contributed by atoms with Gasteiger partial charge in [-0.2, -0.15) is 0 Å². The van der Waals surface area contributed by atoms with E-state index in [1.807, 2.05) is 0 Å². The van der Waals surface area contributed by atoms with Gasteiger partial charge >= 0.3 is 0 Å². The van der Waals surface area contributed by atoms with Crippen LogP contribution in [0.25, 0.3) is 0 Å². The molecule has 4 nitrogen and oxygen atoms in total.